The first-order chi connectivity index (χ1) is 11.5. The number of nitrogens with one attached hydrogen (secondary N) is 2. The topological polar surface area (TPSA) is 58.2 Å². The number of halogens is 3. The average molecular weight is 397 g/mol. The molecule has 0 fully saturated rings. The van der Waals surface area contributed by atoms with E-state index in [9.17, 15) is 18.4 Å². The zero-order chi connectivity index (χ0) is 17.5. The molecule has 4 nitrogen and oxygen atoms in total. The molecule has 0 saturated carbocycles. The van der Waals surface area contributed by atoms with Crippen LogP contribution >= 0.6 is 15.9 Å². The van der Waals surface area contributed by atoms with Crippen LogP contribution in [-0.4, -0.2) is 24.9 Å². The van der Waals surface area contributed by atoms with Crippen molar-refractivity contribution >= 4 is 27.7 Å². The summed E-state index contributed by atoms with van der Waals surface area (Å²) < 4.78 is 27.2. The van der Waals surface area contributed by atoms with Gasteiger partial charge in [-0.15, -0.1) is 0 Å². The van der Waals surface area contributed by atoms with Gasteiger partial charge in [0.05, 0.1) is 5.56 Å². The van der Waals surface area contributed by atoms with Crippen LogP contribution in [-0.2, 0) is 0 Å². The van der Waals surface area contributed by atoms with Crippen LogP contribution in [0, 0.1) is 11.6 Å². The molecular formula is C17H15BrF2N2O2. The Hall–Kier alpha value is -2.28. The number of hydrogen-bond donors (Lipinski definition) is 2. The molecule has 0 aliphatic carbocycles. The van der Waals surface area contributed by atoms with Crippen molar-refractivity contribution in [3.8, 4) is 0 Å². The van der Waals surface area contributed by atoms with Gasteiger partial charge in [-0.05, 0) is 42.8 Å². The summed E-state index contributed by atoms with van der Waals surface area (Å²) in [5.41, 5.74) is 0.184. The molecule has 24 heavy (non-hydrogen) atoms. The minimum Gasteiger partial charge on any atom is -0.352 e. The van der Waals surface area contributed by atoms with Crippen molar-refractivity contribution < 1.29 is 18.4 Å². The lowest BCUT2D eigenvalue weighted by molar-refractivity contribution is 0.0948. The van der Waals surface area contributed by atoms with Gasteiger partial charge in [0.25, 0.3) is 11.8 Å². The van der Waals surface area contributed by atoms with Crippen LogP contribution in [0.5, 0.6) is 0 Å². The van der Waals surface area contributed by atoms with Gasteiger partial charge in [0.1, 0.15) is 11.6 Å². The average Bonchev–Trinajstić information content (AvgIpc) is 2.56. The van der Waals surface area contributed by atoms with Crippen LogP contribution in [0.1, 0.15) is 27.1 Å². The molecule has 0 saturated heterocycles. The van der Waals surface area contributed by atoms with Gasteiger partial charge in [-0.3, -0.25) is 9.59 Å². The van der Waals surface area contributed by atoms with E-state index in [4.69, 9.17) is 0 Å². The molecule has 126 valence electrons. The molecule has 0 bridgehead atoms. The molecule has 0 atom stereocenters. The van der Waals surface area contributed by atoms with Crippen LogP contribution < -0.4 is 10.6 Å². The molecule has 2 amide bonds. The van der Waals surface area contributed by atoms with Crippen molar-refractivity contribution in [1.29, 1.82) is 0 Å². The third-order valence-electron chi connectivity index (χ3n) is 3.18. The summed E-state index contributed by atoms with van der Waals surface area (Å²) in [6.45, 7) is 0.574. The lowest BCUT2D eigenvalue weighted by Crippen LogP contribution is -2.30. The van der Waals surface area contributed by atoms with Crippen LogP contribution in [0.15, 0.2) is 46.9 Å². The SMILES string of the molecule is O=C(NCCCNC(=O)c1cc(Br)ccc1F)c1cccc(F)c1. The Bertz CT molecular complexity index is 753. The first-order valence-corrected chi connectivity index (χ1v) is 8.03. The van der Waals surface area contributed by atoms with Crippen molar-refractivity contribution in [2.45, 2.75) is 6.42 Å². The lowest BCUT2D eigenvalue weighted by Gasteiger charge is -2.08. The van der Waals surface area contributed by atoms with E-state index in [-0.39, 0.29) is 23.6 Å². The third kappa shape index (κ3) is 5.13. The first kappa shape index (κ1) is 18.1. The Kier molecular flexibility index (Phi) is 6.43. The molecule has 2 N–H and O–H groups in total. The second-order valence-electron chi connectivity index (χ2n) is 5.00. The fourth-order valence-corrected chi connectivity index (χ4v) is 2.35. The fourth-order valence-electron chi connectivity index (χ4n) is 1.99. The van der Waals surface area contributed by atoms with Crippen LogP contribution in [0.3, 0.4) is 0 Å². The van der Waals surface area contributed by atoms with E-state index >= 15 is 0 Å². The molecule has 0 aliphatic rings. The molecule has 0 radical (unpaired) electrons. The van der Waals surface area contributed by atoms with Gasteiger partial charge in [0.15, 0.2) is 0 Å². The van der Waals surface area contributed by atoms with E-state index in [1.807, 2.05) is 0 Å². The second-order valence-corrected chi connectivity index (χ2v) is 5.92. The van der Waals surface area contributed by atoms with Gasteiger partial charge in [-0.1, -0.05) is 22.0 Å². The van der Waals surface area contributed by atoms with Crippen LogP contribution in [0.2, 0.25) is 0 Å². The van der Waals surface area contributed by atoms with Crippen LogP contribution in [0.25, 0.3) is 0 Å². The normalized spacial score (nSPS) is 10.3. The van der Waals surface area contributed by atoms with E-state index in [0.717, 1.165) is 6.07 Å². The van der Waals surface area contributed by atoms with Gasteiger partial charge in [0.2, 0.25) is 0 Å². The molecule has 2 rings (SSSR count). The maximum atomic E-state index is 13.6. The molecule has 7 heteroatoms. The molecule has 2 aromatic rings. The Morgan fingerprint density at radius 1 is 0.958 bits per heavy atom. The monoisotopic (exact) mass is 396 g/mol. The number of amides is 2. The first-order valence-electron chi connectivity index (χ1n) is 7.24. The molecule has 0 spiro atoms. The van der Waals surface area contributed by atoms with Crippen LogP contribution in [0.4, 0.5) is 8.78 Å². The molecule has 0 heterocycles. The number of hydrogen-bond acceptors (Lipinski definition) is 2. The summed E-state index contributed by atoms with van der Waals surface area (Å²) >= 11 is 3.18. The summed E-state index contributed by atoms with van der Waals surface area (Å²) in [4.78, 5) is 23.7. The summed E-state index contributed by atoms with van der Waals surface area (Å²) in [5.74, 6) is -2.00. The van der Waals surface area contributed by atoms with Crippen molar-refractivity contribution in [2.75, 3.05) is 13.1 Å². The Balaban J connectivity index is 1.74. The van der Waals surface area contributed by atoms with Gasteiger partial charge in [-0.2, -0.15) is 0 Å². The Morgan fingerprint density at radius 3 is 2.38 bits per heavy atom. The largest absolute Gasteiger partial charge is 0.352 e. The number of carbonyl (C=O) groups excluding carboxylic acids is 2. The molecule has 2 aromatic carbocycles. The predicted molar refractivity (Wildman–Crippen MR) is 89.8 cm³/mol. The smallest absolute Gasteiger partial charge is 0.254 e. The third-order valence-corrected chi connectivity index (χ3v) is 3.68. The van der Waals surface area contributed by atoms with Crippen molar-refractivity contribution in [3.63, 3.8) is 0 Å². The Morgan fingerprint density at radius 2 is 1.67 bits per heavy atom. The maximum Gasteiger partial charge on any atom is 0.254 e. The highest BCUT2D eigenvalue weighted by Gasteiger charge is 2.11. The quantitative estimate of drug-likeness (QED) is 0.736. The standard InChI is InChI=1S/C17H15BrF2N2O2/c18-12-5-6-15(20)14(10-12)17(24)22-8-2-7-21-16(23)11-3-1-4-13(19)9-11/h1,3-6,9-10H,2,7-8H2,(H,21,23)(H,22,24). The summed E-state index contributed by atoms with van der Waals surface area (Å²) in [6.07, 6.45) is 0.461. The summed E-state index contributed by atoms with van der Waals surface area (Å²) in [6, 6.07) is 9.48. The van der Waals surface area contributed by atoms with E-state index in [2.05, 4.69) is 26.6 Å². The van der Waals surface area contributed by atoms with E-state index in [1.165, 1.54) is 36.4 Å². The van der Waals surface area contributed by atoms with Gasteiger partial charge in [-0.25, -0.2) is 8.78 Å². The van der Waals surface area contributed by atoms with Gasteiger partial charge < -0.3 is 10.6 Å². The second kappa shape index (κ2) is 8.54. The van der Waals surface area contributed by atoms with Gasteiger partial charge in [0, 0.05) is 23.1 Å². The van der Waals surface area contributed by atoms with E-state index in [1.54, 1.807) is 0 Å². The Labute approximate surface area is 146 Å². The fraction of sp³-hybridized carbons (Fsp3) is 0.176. The zero-order valence-corrected chi connectivity index (χ0v) is 14.2. The highest BCUT2D eigenvalue weighted by Crippen LogP contribution is 2.15. The highest BCUT2D eigenvalue weighted by molar-refractivity contribution is 9.10. The number of benzene rings is 2. The minimum atomic E-state index is -0.602. The van der Waals surface area contributed by atoms with E-state index in [0.29, 0.717) is 17.4 Å². The molecular weight excluding hydrogens is 382 g/mol. The maximum absolute atomic E-state index is 13.6. The number of rotatable bonds is 6. The van der Waals surface area contributed by atoms with Crippen molar-refractivity contribution in [2.24, 2.45) is 0 Å². The summed E-state index contributed by atoms with van der Waals surface area (Å²) in [5, 5.41) is 5.20. The minimum absolute atomic E-state index is 0.0480. The molecule has 0 aromatic heterocycles. The molecule has 0 unspecified atom stereocenters. The molecule has 0 aliphatic heterocycles. The van der Waals surface area contributed by atoms with E-state index < -0.39 is 17.5 Å². The lowest BCUT2D eigenvalue weighted by atomic mass is 10.2. The zero-order valence-electron chi connectivity index (χ0n) is 12.6. The van der Waals surface area contributed by atoms with Crippen molar-refractivity contribution in [3.05, 3.63) is 69.7 Å². The predicted octanol–water partition coefficient (Wildman–Crippen LogP) is 3.28. The highest BCUT2D eigenvalue weighted by atomic mass is 79.9. The van der Waals surface area contributed by atoms with Crippen molar-refractivity contribution in [1.82, 2.24) is 10.6 Å². The van der Waals surface area contributed by atoms with Gasteiger partial charge >= 0.3 is 0 Å². The summed E-state index contributed by atoms with van der Waals surface area (Å²) in [7, 11) is 0. The number of carbonyl (C=O) groups is 2.